The van der Waals surface area contributed by atoms with Gasteiger partial charge in [0.2, 0.25) is 0 Å². The lowest BCUT2D eigenvalue weighted by atomic mass is 9.82. The number of hydrogen-bond acceptors (Lipinski definition) is 4. The van der Waals surface area contributed by atoms with Crippen molar-refractivity contribution in [3.05, 3.63) is 118 Å². The third kappa shape index (κ3) is 3.58. The molecule has 0 aliphatic carbocycles. The minimum Gasteiger partial charge on any atom is -0.316 e. The number of carbonyl (C=O) groups excluding carboxylic acids is 3. The molecule has 4 amide bonds. The maximum atomic E-state index is 13.1. The quantitative estimate of drug-likeness (QED) is 0.380. The topological polar surface area (TPSA) is 114 Å². The molecule has 1 fully saturated rings. The van der Waals surface area contributed by atoms with Crippen LogP contribution < -0.4 is 21.5 Å². The van der Waals surface area contributed by atoms with Gasteiger partial charge in [-0.3, -0.25) is 24.4 Å². The summed E-state index contributed by atoms with van der Waals surface area (Å²) in [6.45, 7) is 1.75. The van der Waals surface area contributed by atoms with E-state index in [2.05, 4.69) is 16.0 Å². The fraction of sp³-hybridized carbons (Fsp3) is 0.111. The maximum absolute atomic E-state index is 13.1. The number of hydrogen-bond donors (Lipinski definition) is 3. The molecule has 1 aliphatic rings. The second-order valence-electron chi connectivity index (χ2n) is 8.49. The van der Waals surface area contributed by atoms with E-state index in [0.29, 0.717) is 28.1 Å². The van der Waals surface area contributed by atoms with Gasteiger partial charge in [-0.2, -0.15) is 0 Å². The highest BCUT2D eigenvalue weighted by molar-refractivity contribution is 6.10. The summed E-state index contributed by atoms with van der Waals surface area (Å²) in [6.07, 6.45) is 0. The standard InChI is InChI=1S/C27H23N5O4/c1-17-22(24(34)32(31(17)2)21-11-7-4-8-12-21)28-23(33)18-13-15-20(16-14-18)27(19-9-5-3-6-10-19)25(35)29-26(36)30-27/h3-16H,1-2H3,(H,28,33)(H2,29,30,35,36). The van der Waals surface area contributed by atoms with Gasteiger partial charge in [-0.05, 0) is 42.3 Å². The molecule has 180 valence electrons. The average molecular weight is 482 g/mol. The highest BCUT2D eigenvalue weighted by atomic mass is 16.2. The largest absolute Gasteiger partial charge is 0.322 e. The molecular formula is C27H23N5O4. The molecule has 1 unspecified atom stereocenters. The minimum atomic E-state index is -1.41. The summed E-state index contributed by atoms with van der Waals surface area (Å²) < 4.78 is 3.17. The molecule has 0 spiro atoms. The molecule has 1 saturated heterocycles. The lowest BCUT2D eigenvalue weighted by Crippen LogP contribution is -2.44. The van der Waals surface area contributed by atoms with E-state index in [-0.39, 0.29) is 11.2 Å². The van der Waals surface area contributed by atoms with Gasteiger partial charge in [0.1, 0.15) is 5.69 Å². The first kappa shape index (κ1) is 22.9. The van der Waals surface area contributed by atoms with Gasteiger partial charge < -0.3 is 10.6 Å². The molecule has 1 aliphatic heterocycles. The van der Waals surface area contributed by atoms with Crippen LogP contribution in [0.4, 0.5) is 10.5 Å². The van der Waals surface area contributed by atoms with E-state index < -0.39 is 23.4 Å². The van der Waals surface area contributed by atoms with Crippen molar-refractivity contribution < 1.29 is 14.4 Å². The molecule has 5 rings (SSSR count). The van der Waals surface area contributed by atoms with Gasteiger partial charge in [0.05, 0.1) is 11.4 Å². The molecule has 1 aromatic heterocycles. The summed E-state index contributed by atoms with van der Waals surface area (Å²) in [5.74, 6) is -0.974. The molecule has 1 atom stereocenters. The minimum absolute atomic E-state index is 0.179. The highest BCUT2D eigenvalue weighted by Gasteiger charge is 2.49. The molecule has 9 nitrogen and oxygen atoms in total. The Kier molecular flexibility index (Phi) is 5.52. The van der Waals surface area contributed by atoms with E-state index in [1.54, 1.807) is 67.2 Å². The van der Waals surface area contributed by atoms with Crippen molar-refractivity contribution >= 4 is 23.5 Å². The Bertz CT molecular complexity index is 1540. The Morgan fingerprint density at radius 1 is 0.833 bits per heavy atom. The smallest absolute Gasteiger partial charge is 0.316 e. The van der Waals surface area contributed by atoms with E-state index in [0.717, 1.165) is 0 Å². The van der Waals surface area contributed by atoms with E-state index in [1.165, 1.54) is 4.68 Å². The Hall–Kier alpha value is -4.92. The number of anilines is 1. The third-order valence-electron chi connectivity index (χ3n) is 6.45. The van der Waals surface area contributed by atoms with E-state index in [9.17, 15) is 19.2 Å². The van der Waals surface area contributed by atoms with Crippen LogP contribution in [0.5, 0.6) is 0 Å². The number of para-hydroxylation sites is 1. The zero-order chi connectivity index (χ0) is 25.4. The molecule has 0 radical (unpaired) electrons. The van der Waals surface area contributed by atoms with Crippen LogP contribution in [0, 0.1) is 6.92 Å². The summed E-state index contributed by atoms with van der Waals surface area (Å²) >= 11 is 0. The normalized spacial score (nSPS) is 16.9. The van der Waals surface area contributed by atoms with Crippen molar-refractivity contribution in [3.63, 3.8) is 0 Å². The average Bonchev–Trinajstić information content (AvgIpc) is 3.32. The summed E-state index contributed by atoms with van der Waals surface area (Å²) in [4.78, 5) is 51.1. The summed E-state index contributed by atoms with van der Waals surface area (Å²) in [5, 5.41) is 7.76. The van der Waals surface area contributed by atoms with Crippen LogP contribution in [0.25, 0.3) is 5.69 Å². The van der Waals surface area contributed by atoms with Gasteiger partial charge in [0, 0.05) is 12.6 Å². The zero-order valence-corrected chi connectivity index (χ0v) is 19.6. The summed E-state index contributed by atoms with van der Waals surface area (Å²) in [6, 6.07) is 23.8. The van der Waals surface area contributed by atoms with Crippen molar-refractivity contribution in [1.82, 2.24) is 20.0 Å². The number of imide groups is 1. The van der Waals surface area contributed by atoms with Crippen LogP contribution in [-0.4, -0.2) is 27.2 Å². The highest BCUT2D eigenvalue weighted by Crippen LogP contribution is 2.33. The molecule has 4 aromatic rings. The number of benzene rings is 3. The molecule has 3 aromatic carbocycles. The number of carbonyl (C=O) groups is 3. The predicted octanol–water partition coefficient (Wildman–Crippen LogP) is 2.82. The molecule has 2 heterocycles. The molecule has 3 N–H and O–H groups in total. The molecule has 9 heteroatoms. The van der Waals surface area contributed by atoms with Crippen LogP contribution in [-0.2, 0) is 17.4 Å². The van der Waals surface area contributed by atoms with Gasteiger partial charge in [-0.1, -0.05) is 60.7 Å². The lowest BCUT2D eigenvalue weighted by molar-refractivity contribution is -0.122. The van der Waals surface area contributed by atoms with Crippen LogP contribution >= 0.6 is 0 Å². The fourth-order valence-corrected chi connectivity index (χ4v) is 4.49. The summed E-state index contributed by atoms with van der Waals surface area (Å²) in [5.41, 5.74) is 1.08. The van der Waals surface area contributed by atoms with E-state index in [4.69, 9.17) is 0 Å². The number of rotatable bonds is 5. The van der Waals surface area contributed by atoms with E-state index in [1.807, 2.05) is 36.4 Å². The number of urea groups is 1. The van der Waals surface area contributed by atoms with Crippen molar-refractivity contribution in [2.24, 2.45) is 7.05 Å². The number of nitrogens with zero attached hydrogens (tertiary/aromatic N) is 2. The van der Waals surface area contributed by atoms with Gasteiger partial charge in [0.15, 0.2) is 5.54 Å². The first-order chi connectivity index (χ1) is 17.3. The fourth-order valence-electron chi connectivity index (χ4n) is 4.49. The maximum Gasteiger partial charge on any atom is 0.322 e. The van der Waals surface area contributed by atoms with Crippen LogP contribution in [0.3, 0.4) is 0 Å². The number of aromatic nitrogens is 2. The van der Waals surface area contributed by atoms with Crippen LogP contribution in [0.15, 0.2) is 89.7 Å². The molecular weight excluding hydrogens is 458 g/mol. The first-order valence-electron chi connectivity index (χ1n) is 11.3. The van der Waals surface area contributed by atoms with Gasteiger partial charge >= 0.3 is 6.03 Å². The molecule has 0 bridgehead atoms. The van der Waals surface area contributed by atoms with Crippen LogP contribution in [0.2, 0.25) is 0 Å². The van der Waals surface area contributed by atoms with Gasteiger partial charge in [-0.15, -0.1) is 0 Å². The molecule has 36 heavy (non-hydrogen) atoms. The Morgan fingerprint density at radius 3 is 2.00 bits per heavy atom. The third-order valence-corrected chi connectivity index (χ3v) is 6.45. The summed E-state index contributed by atoms with van der Waals surface area (Å²) in [7, 11) is 1.75. The second-order valence-corrected chi connectivity index (χ2v) is 8.49. The SMILES string of the molecule is Cc1c(NC(=O)c2ccc(C3(c4ccccc4)NC(=O)NC3=O)cc2)c(=O)n(-c2ccccc2)n1C. The number of amides is 4. The van der Waals surface area contributed by atoms with Crippen molar-refractivity contribution in [1.29, 1.82) is 0 Å². The monoisotopic (exact) mass is 481 g/mol. The van der Waals surface area contributed by atoms with E-state index >= 15 is 0 Å². The molecule has 0 saturated carbocycles. The number of nitrogens with one attached hydrogen (secondary N) is 3. The Balaban J connectivity index is 1.46. The van der Waals surface area contributed by atoms with Crippen molar-refractivity contribution in [3.8, 4) is 5.69 Å². The Labute approximate surface area is 206 Å². The second kappa shape index (κ2) is 8.70. The van der Waals surface area contributed by atoms with Crippen LogP contribution in [0.1, 0.15) is 27.2 Å². The van der Waals surface area contributed by atoms with Crippen molar-refractivity contribution in [2.45, 2.75) is 12.5 Å². The van der Waals surface area contributed by atoms with Crippen molar-refractivity contribution in [2.75, 3.05) is 5.32 Å². The van der Waals surface area contributed by atoms with Gasteiger partial charge in [0.25, 0.3) is 17.4 Å². The Morgan fingerprint density at radius 2 is 1.42 bits per heavy atom. The predicted molar refractivity (Wildman–Crippen MR) is 134 cm³/mol. The zero-order valence-electron chi connectivity index (χ0n) is 19.6. The lowest BCUT2D eigenvalue weighted by Gasteiger charge is -2.27. The first-order valence-corrected chi connectivity index (χ1v) is 11.3. The van der Waals surface area contributed by atoms with Gasteiger partial charge in [-0.25, -0.2) is 9.48 Å².